The maximum atomic E-state index is 11.7. The highest BCUT2D eigenvalue weighted by atomic mass is 16.5. The second kappa shape index (κ2) is 8.03. The van der Waals surface area contributed by atoms with Gasteiger partial charge in [-0.1, -0.05) is 37.3 Å². The third kappa shape index (κ3) is 4.88. The van der Waals surface area contributed by atoms with Crippen LogP contribution in [0.25, 0.3) is 6.08 Å². The van der Waals surface area contributed by atoms with Gasteiger partial charge in [-0.3, -0.25) is 0 Å². The Bertz CT molecular complexity index is 704. The van der Waals surface area contributed by atoms with Gasteiger partial charge in [-0.2, -0.15) is 0 Å². The van der Waals surface area contributed by atoms with E-state index in [1.807, 2.05) is 18.2 Å². The van der Waals surface area contributed by atoms with Crippen molar-refractivity contribution in [2.45, 2.75) is 19.8 Å². The number of carbonyl (C=O) groups is 1. The molecule has 0 aromatic heterocycles. The highest BCUT2D eigenvalue weighted by Gasteiger charge is 2.03. The van der Waals surface area contributed by atoms with Crippen LogP contribution in [0.2, 0.25) is 0 Å². The molecule has 2 N–H and O–H groups in total. The number of ether oxygens (including phenoxy) is 1. The molecule has 0 bridgehead atoms. The molecule has 0 heterocycles. The molecular formula is C19H20O4. The number of esters is 1. The van der Waals surface area contributed by atoms with E-state index in [-0.39, 0.29) is 11.5 Å². The summed E-state index contributed by atoms with van der Waals surface area (Å²) < 4.78 is 5.18. The van der Waals surface area contributed by atoms with Gasteiger partial charge in [0.2, 0.25) is 0 Å². The molecule has 4 heteroatoms. The smallest absolute Gasteiger partial charge is 0.330 e. The van der Waals surface area contributed by atoms with Gasteiger partial charge < -0.3 is 14.9 Å². The lowest BCUT2D eigenvalue weighted by Gasteiger charge is -2.07. The fourth-order valence-corrected chi connectivity index (χ4v) is 2.26. The number of phenols is 2. The normalized spacial score (nSPS) is 10.8. The minimum Gasteiger partial charge on any atom is -0.504 e. The van der Waals surface area contributed by atoms with Gasteiger partial charge >= 0.3 is 5.97 Å². The molecule has 0 fully saturated rings. The summed E-state index contributed by atoms with van der Waals surface area (Å²) in [5.41, 5.74) is 3.06. The van der Waals surface area contributed by atoms with Crippen molar-refractivity contribution in [2.75, 3.05) is 6.61 Å². The van der Waals surface area contributed by atoms with Gasteiger partial charge in [-0.15, -0.1) is 0 Å². The third-order valence-corrected chi connectivity index (χ3v) is 3.53. The summed E-state index contributed by atoms with van der Waals surface area (Å²) in [6, 6.07) is 12.4. The Hall–Kier alpha value is -2.75. The molecule has 0 saturated carbocycles. The van der Waals surface area contributed by atoms with E-state index in [1.54, 1.807) is 6.07 Å². The van der Waals surface area contributed by atoms with Gasteiger partial charge in [0, 0.05) is 12.5 Å². The van der Waals surface area contributed by atoms with Crippen molar-refractivity contribution in [1.82, 2.24) is 0 Å². The highest BCUT2D eigenvalue weighted by molar-refractivity contribution is 5.87. The van der Waals surface area contributed by atoms with E-state index in [0.717, 1.165) is 6.42 Å². The van der Waals surface area contributed by atoms with E-state index in [9.17, 15) is 15.0 Å². The van der Waals surface area contributed by atoms with Crippen molar-refractivity contribution in [3.8, 4) is 11.5 Å². The Kier molecular flexibility index (Phi) is 5.80. The molecule has 0 saturated heterocycles. The Labute approximate surface area is 135 Å². The summed E-state index contributed by atoms with van der Waals surface area (Å²) >= 11 is 0. The third-order valence-electron chi connectivity index (χ3n) is 3.53. The standard InChI is InChI=1S/C19H20O4/c1-2-15-5-3-4-6-16(15)11-12-23-19(22)10-8-14-7-9-17(20)18(21)13-14/h3-10,13,20-21H,2,11-12H2,1H3/b10-8+. The lowest BCUT2D eigenvalue weighted by molar-refractivity contribution is -0.137. The van der Waals surface area contributed by atoms with Crippen LogP contribution in [0.5, 0.6) is 11.5 Å². The summed E-state index contributed by atoms with van der Waals surface area (Å²) in [7, 11) is 0. The topological polar surface area (TPSA) is 66.8 Å². The predicted octanol–water partition coefficient (Wildman–Crippen LogP) is 3.46. The molecule has 0 amide bonds. The van der Waals surface area contributed by atoms with Crippen molar-refractivity contribution in [2.24, 2.45) is 0 Å². The zero-order valence-electron chi connectivity index (χ0n) is 13.0. The Morgan fingerprint density at radius 1 is 1.09 bits per heavy atom. The lowest BCUT2D eigenvalue weighted by Crippen LogP contribution is -2.06. The van der Waals surface area contributed by atoms with Crippen molar-refractivity contribution >= 4 is 12.0 Å². The Balaban J connectivity index is 1.85. The van der Waals surface area contributed by atoms with Crippen LogP contribution in [0, 0.1) is 0 Å². The van der Waals surface area contributed by atoms with Crippen LogP contribution in [-0.2, 0) is 22.4 Å². The minimum absolute atomic E-state index is 0.195. The van der Waals surface area contributed by atoms with Crippen LogP contribution in [0.1, 0.15) is 23.6 Å². The number of aromatic hydroxyl groups is 2. The van der Waals surface area contributed by atoms with Crippen LogP contribution in [0.3, 0.4) is 0 Å². The fraction of sp³-hybridized carbons (Fsp3) is 0.211. The minimum atomic E-state index is -0.438. The molecular weight excluding hydrogens is 292 g/mol. The van der Waals surface area contributed by atoms with Crippen molar-refractivity contribution < 1.29 is 19.7 Å². The van der Waals surface area contributed by atoms with E-state index in [0.29, 0.717) is 18.6 Å². The van der Waals surface area contributed by atoms with E-state index >= 15 is 0 Å². The summed E-state index contributed by atoms with van der Waals surface area (Å²) in [6.45, 7) is 2.42. The zero-order valence-corrected chi connectivity index (χ0v) is 13.0. The van der Waals surface area contributed by atoms with Crippen molar-refractivity contribution in [3.63, 3.8) is 0 Å². The Morgan fingerprint density at radius 3 is 2.52 bits per heavy atom. The molecule has 2 aromatic carbocycles. The molecule has 0 aliphatic heterocycles. The molecule has 0 radical (unpaired) electrons. The van der Waals surface area contributed by atoms with Gasteiger partial charge in [0.15, 0.2) is 11.5 Å². The molecule has 120 valence electrons. The lowest BCUT2D eigenvalue weighted by atomic mass is 10.0. The second-order valence-electron chi connectivity index (χ2n) is 5.12. The number of carbonyl (C=O) groups excluding carboxylic acids is 1. The van der Waals surface area contributed by atoms with Crippen LogP contribution < -0.4 is 0 Å². The first-order valence-corrected chi connectivity index (χ1v) is 7.53. The van der Waals surface area contributed by atoms with E-state index in [4.69, 9.17) is 4.74 Å². The molecule has 0 spiro atoms. The van der Waals surface area contributed by atoms with E-state index < -0.39 is 5.97 Å². The molecule has 2 rings (SSSR count). The maximum absolute atomic E-state index is 11.7. The van der Waals surface area contributed by atoms with Crippen LogP contribution in [0.15, 0.2) is 48.5 Å². The number of aryl methyl sites for hydroxylation is 1. The molecule has 0 aliphatic carbocycles. The van der Waals surface area contributed by atoms with Gasteiger partial charge in [-0.25, -0.2) is 4.79 Å². The van der Waals surface area contributed by atoms with Gasteiger partial charge in [-0.05, 0) is 41.3 Å². The molecule has 4 nitrogen and oxygen atoms in total. The van der Waals surface area contributed by atoms with E-state index in [1.165, 1.54) is 35.4 Å². The SMILES string of the molecule is CCc1ccccc1CCOC(=O)/C=C/c1ccc(O)c(O)c1. The number of benzene rings is 2. The zero-order chi connectivity index (χ0) is 16.7. The maximum Gasteiger partial charge on any atom is 0.330 e. The first kappa shape index (κ1) is 16.6. The largest absolute Gasteiger partial charge is 0.504 e. The van der Waals surface area contributed by atoms with E-state index in [2.05, 4.69) is 13.0 Å². The Morgan fingerprint density at radius 2 is 1.83 bits per heavy atom. The molecule has 0 unspecified atom stereocenters. The van der Waals surface area contributed by atoms with Gasteiger partial charge in [0.05, 0.1) is 6.61 Å². The van der Waals surface area contributed by atoms with Crippen LogP contribution >= 0.6 is 0 Å². The van der Waals surface area contributed by atoms with Crippen molar-refractivity contribution in [1.29, 1.82) is 0 Å². The first-order valence-electron chi connectivity index (χ1n) is 7.53. The quantitative estimate of drug-likeness (QED) is 0.487. The highest BCUT2D eigenvalue weighted by Crippen LogP contribution is 2.25. The average Bonchev–Trinajstić information content (AvgIpc) is 2.56. The second-order valence-corrected chi connectivity index (χ2v) is 5.12. The number of hydrogen-bond acceptors (Lipinski definition) is 4. The number of hydrogen-bond donors (Lipinski definition) is 2. The number of rotatable bonds is 6. The molecule has 23 heavy (non-hydrogen) atoms. The van der Waals surface area contributed by atoms with Crippen molar-refractivity contribution in [3.05, 3.63) is 65.2 Å². The summed E-state index contributed by atoms with van der Waals surface area (Å²) in [4.78, 5) is 11.7. The molecule has 0 atom stereocenters. The summed E-state index contributed by atoms with van der Waals surface area (Å²) in [5, 5.41) is 18.6. The van der Waals surface area contributed by atoms with Gasteiger partial charge in [0.25, 0.3) is 0 Å². The molecule has 0 aliphatic rings. The monoisotopic (exact) mass is 312 g/mol. The predicted molar refractivity (Wildman–Crippen MR) is 89.3 cm³/mol. The summed E-state index contributed by atoms with van der Waals surface area (Å²) in [6.07, 6.45) is 4.47. The van der Waals surface area contributed by atoms with Crippen LogP contribution in [0.4, 0.5) is 0 Å². The average molecular weight is 312 g/mol. The number of phenolic OH excluding ortho intramolecular Hbond substituents is 2. The van der Waals surface area contributed by atoms with Crippen LogP contribution in [-0.4, -0.2) is 22.8 Å². The molecule has 2 aromatic rings. The fourth-order valence-electron chi connectivity index (χ4n) is 2.26. The first-order chi connectivity index (χ1) is 11.1. The summed E-state index contributed by atoms with van der Waals surface area (Å²) in [5.74, 6) is -0.859. The van der Waals surface area contributed by atoms with Gasteiger partial charge in [0.1, 0.15) is 0 Å².